The Labute approximate surface area is 177 Å². The predicted octanol–water partition coefficient (Wildman–Crippen LogP) is 3.31. The minimum atomic E-state index is -0.333. The Balaban J connectivity index is 1.50. The minimum absolute atomic E-state index is 0.102. The molecule has 2 aliphatic rings. The summed E-state index contributed by atoms with van der Waals surface area (Å²) in [5, 5.41) is 18.3. The largest absolute Gasteiger partial charge is 0.481 e. The second kappa shape index (κ2) is 6.96. The summed E-state index contributed by atoms with van der Waals surface area (Å²) in [6, 6.07) is 10.4. The number of piperidine rings is 1. The van der Waals surface area contributed by atoms with E-state index >= 15 is 0 Å². The van der Waals surface area contributed by atoms with Crippen molar-refractivity contribution in [2.24, 2.45) is 5.92 Å². The summed E-state index contributed by atoms with van der Waals surface area (Å²) in [6.45, 7) is 1.50. The molecule has 9 heteroatoms. The van der Waals surface area contributed by atoms with Crippen molar-refractivity contribution in [3.63, 3.8) is 0 Å². The number of ether oxygens (including phenoxy) is 1. The van der Waals surface area contributed by atoms with Crippen LogP contribution < -0.4 is 9.64 Å². The molecular formula is C21H18ClFN6O. The molecule has 1 saturated heterocycles. The van der Waals surface area contributed by atoms with Crippen molar-refractivity contribution in [3.05, 3.63) is 58.8 Å². The zero-order valence-corrected chi connectivity index (χ0v) is 17.0. The van der Waals surface area contributed by atoms with E-state index in [1.165, 1.54) is 12.1 Å². The fraction of sp³-hybridized carbons (Fsp3) is 0.333. The molecule has 30 heavy (non-hydrogen) atoms. The normalized spacial score (nSPS) is 21.9. The monoisotopic (exact) mass is 424 g/mol. The zero-order valence-electron chi connectivity index (χ0n) is 16.2. The Hall–Kier alpha value is -3.18. The topological polar surface area (TPSA) is 79.9 Å². The number of aromatic nitrogens is 4. The number of anilines is 1. The Morgan fingerprint density at radius 2 is 2.20 bits per heavy atom. The molecule has 5 rings (SSSR count). The molecule has 0 N–H and O–H groups in total. The van der Waals surface area contributed by atoms with Gasteiger partial charge in [0.2, 0.25) is 11.8 Å². The third kappa shape index (κ3) is 2.89. The maximum Gasteiger partial charge on any atom is 0.232 e. The van der Waals surface area contributed by atoms with E-state index in [9.17, 15) is 9.65 Å². The van der Waals surface area contributed by atoms with Crippen molar-refractivity contribution in [1.82, 2.24) is 19.7 Å². The summed E-state index contributed by atoms with van der Waals surface area (Å²) in [4.78, 5) is 6.43. The molecule has 2 atom stereocenters. The van der Waals surface area contributed by atoms with Crippen LogP contribution in [0.4, 0.5) is 10.3 Å². The number of rotatable bonds is 5. The van der Waals surface area contributed by atoms with Gasteiger partial charge in [-0.05, 0) is 36.1 Å². The van der Waals surface area contributed by atoms with Crippen LogP contribution in [0.15, 0.2) is 36.5 Å². The number of hydrogen-bond donors (Lipinski definition) is 0. The van der Waals surface area contributed by atoms with Crippen LogP contribution >= 0.6 is 11.6 Å². The molecule has 152 valence electrons. The molecule has 2 fully saturated rings. The van der Waals surface area contributed by atoms with Crippen LogP contribution in [0.5, 0.6) is 5.88 Å². The summed E-state index contributed by atoms with van der Waals surface area (Å²) in [5.74, 6) is 1.80. The van der Waals surface area contributed by atoms with Gasteiger partial charge in [-0.15, -0.1) is 10.2 Å². The fourth-order valence-corrected chi connectivity index (χ4v) is 4.89. The lowest BCUT2D eigenvalue weighted by molar-refractivity contribution is 0.398. The molecule has 0 spiro atoms. The quantitative estimate of drug-likeness (QED) is 0.625. The molecule has 1 aromatic carbocycles. The molecule has 3 heterocycles. The van der Waals surface area contributed by atoms with E-state index in [2.05, 4.69) is 26.2 Å². The van der Waals surface area contributed by atoms with Crippen LogP contribution in [0.25, 0.3) is 5.69 Å². The number of halogens is 2. The van der Waals surface area contributed by atoms with E-state index in [1.807, 2.05) is 10.6 Å². The highest BCUT2D eigenvalue weighted by Gasteiger charge is 2.62. The summed E-state index contributed by atoms with van der Waals surface area (Å²) in [5.41, 5.74) is 1.64. The van der Waals surface area contributed by atoms with Crippen molar-refractivity contribution in [2.45, 2.75) is 18.3 Å². The fourth-order valence-electron chi connectivity index (χ4n) is 4.53. The van der Waals surface area contributed by atoms with Crippen LogP contribution in [0, 0.1) is 23.1 Å². The van der Waals surface area contributed by atoms with Crippen LogP contribution in [-0.4, -0.2) is 39.9 Å². The van der Waals surface area contributed by atoms with Crippen LogP contribution in [0.3, 0.4) is 0 Å². The average Bonchev–Trinajstić information content (AvgIpc) is 3.09. The molecule has 0 unspecified atom stereocenters. The van der Waals surface area contributed by atoms with Crippen LogP contribution in [0.2, 0.25) is 5.02 Å². The van der Waals surface area contributed by atoms with Gasteiger partial charge in [0.15, 0.2) is 5.82 Å². The molecular weight excluding hydrogens is 407 g/mol. The van der Waals surface area contributed by atoms with E-state index in [-0.39, 0.29) is 17.7 Å². The van der Waals surface area contributed by atoms with Crippen molar-refractivity contribution >= 4 is 17.5 Å². The van der Waals surface area contributed by atoms with Gasteiger partial charge in [0.25, 0.3) is 0 Å². The Morgan fingerprint density at radius 1 is 1.33 bits per heavy atom. The smallest absolute Gasteiger partial charge is 0.232 e. The Kier molecular flexibility index (Phi) is 4.36. The zero-order chi connectivity index (χ0) is 20.9. The molecule has 1 aliphatic heterocycles. The molecule has 2 aromatic heterocycles. The number of hydrogen-bond acceptors (Lipinski definition) is 6. The van der Waals surface area contributed by atoms with Crippen molar-refractivity contribution in [3.8, 4) is 17.6 Å². The SMILES string of the molecule is COc1ccc(-n2c(CC#N)nnc2N2C[C@@H]3C[C@]3(c3ccc(F)cc3Cl)C2)cn1. The van der Waals surface area contributed by atoms with Gasteiger partial charge < -0.3 is 9.64 Å². The van der Waals surface area contributed by atoms with Gasteiger partial charge in [0, 0.05) is 29.6 Å². The van der Waals surface area contributed by atoms with Crippen LogP contribution in [0.1, 0.15) is 17.8 Å². The van der Waals surface area contributed by atoms with E-state index in [1.54, 1.807) is 25.4 Å². The van der Waals surface area contributed by atoms with Crippen molar-refractivity contribution < 1.29 is 9.13 Å². The van der Waals surface area contributed by atoms with Gasteiger partial charge in [-0.25, -0.2) is 9.37 Å². The van der Waals surface area contributed by atoms with Gasteiger partial charge in [0.05, 0.1) is 31.5 Å². The first-order chi connectivity index (χ1) is 14.6. The number of pyridine rings is 1. The highest BCUT2D eigenvalue weighted by atomic mass is 35.5. The lowest BCUT2D eigenvalue weighted by atomic mass is 9.95. The summed E-state index contributed by atoms with van der Waals surface area (Å²) in [6.07, 6.45) is 2.82. The highest BCUT2D eigenvalue weighted by Crippen LogP contribution is 2.60. The van der Waals surface area contributed by atoms with E-state index in [0.29, 0.717) is 35.1 Å². The lowest BCUT2D eigenvalue weighted by Crippen LogP contribution is -2.29. The summed E-state index contributed by atoms with van der Waals surface area (Å²) < 4.78 is 20.5. The van der Waals surface area contributed by atoms with Crippen molar-refractivity contribution in [2.75, 3.05) is 25.1 Å². The maximum atomic E-state index is 13.5. The third-order valence-corrected chi connectivity index (χ3v) is 6.35. The lowest BCUT2D eigenvalue weighted by Gasteiger charge is -2.23. The van der Waals surface area contributed by atoms with Gasteiger partial charge >= 0.3 is 0 Å². The predicted molar refractivity (Wildman–Crippen MR) is 108 cm³/mol. The highest BCUT2D eigenvalue weighted by molar-refractivity contribution is 6.31. The molecule has 7 nitrogen and oxygen atoms in total. The van der Waals surface area contributed by atoms with Gasteiger partial charge in [0.1, 0.15) is 5.82 Å². The number of nitriles is 1. The van der Waals surface area contributed by atoms with Gasteiger partial charge in [-0.1, -0.05) is 17.7 Å². The second-order valence-corrected chi connectivity index (χ2v) is 8.11. The van der Waals surface area contributed by atoms with E-state index in [4.69, 9.17) is 16.3 Å². The van der Waals surface area contributed by atoms with Gasteiger partial charge in [-0.2, -0.15) is 5.26 Å². The maximum absolute atomic E-state index is 13.5. The Bertz CT molecular complexity index is 1160. The van der Waals surface area contributed by atoms with Gasteiger partial charge in [-0.3, -0.25) is 4.57 Å². The standard InChI is InChI=1S/C21H18ClFN6O/c1-30-19-5-3-15(10-25-19)29-18(6-7-24)26-27-20(29)28-11-13-9-21(13,12-28)16-4-2-14(23)8-17(16)22/h2-5,8,10,13H,6,9,11-12H2,1H3/t13-,21-/m0/s1. The van der Waals surface area contributed by atoms with Crippen molar-refractivity contribution in [1.29, 1.82) is 5.26 Å². The first-order valence-corrected chi connectivity index (χ1v) is 9.95. The van der Waals surface area contributed by atoms with Crippen LogP contribution in [-0.2, 0) is 11.8 Å². The first-order valence-electron chi connectivity index (χ1n) is 9.58. The average molecular weight is 425 g/mol. The molecule has 0 amide bonds. The number of nitrogens with zero attached hydrogens (tertiary/aromatic N) is 6. The van der Waals surface area contributed by atoms with E-state index in [0.717, 1.165) is 24.2 Å². The minimum Gasteiger partial charge on any atom is -0.481 e. The molecule has 1 saturated carbocycles. The summed E-state index contributed by atoms with van der Waals surface area (Å²) >= 11 is 6.37. The molecule has 0 radical (unpaired) electrons. The molecule has 3 aromatic rings. The number of benzene rings is 1. The number of fused-ring (bicyclic) bond motifs is 1. The Morgan fingerprint density at radius 3 is 2.90 bits per heavy atom. The third-order valence-electron chi connectivity index (χ3n) is 6.03. The van der Waals surface area contributed by atoms with E-state index < -0.39 is 0 Å². The number of methoxy groups -OCH3 is 1. The first kappa shape index (κ1) is 18.8. The molecule has 1 aliphatic carbocycles. The second-order valence-electron chi connectivity index (χ2n) is 7.71. The summed E-state index contributed by atoms with van der Waals surface area (Å²) in [7, 11) is 1.56. The molecule has 0 bridgehead atoms.